The summed E-state index contributed by atoms with van der Waals surface area (Å²) < 4.78 is 5.58. The van der Waals surface area contributed by atoms with Crippen LogP contribution in [0, 0.1) is 6.92 Å². The molecule has 64 valence electrons. The molecule has 0 bridgehead atoms. The molecule has 3 nitrogen and oxygen atoms in total. The van der Waals surface area contributed by atoms with Crippen molar-refractivity contribution < 1.29 is 4.74 Å². The van der Waals surface area contributed by atoms with E-state index in [1.54, 1.807) is 0 Å². The van der Waals surface area contributed by atoms with E-state index in [1.165, 1.54) is 0 Å². The number of rotatable bonds is 0. The molecule has 2 heterocycles. The molecule has 0 spiro atoms. The zero-order chi connectivity index (χ0) is 8.39. The Balaban J connectivity index is 2.42. The SMILES string of the molecule is Cc1cncc2c1OCCNC2. The Kier molecular flexibility index (Phi) is 1.96. The molecule has 0 aliphatic carbocycles. The fourth-order valence-corrected chi connectivity index (χ4v) is 1.39. The van der Waals surface area contributed by atoms with Crippen LogP contribution < -0.4 is 10.1 Å². The van der Waals surface area contributed by atoms with Crippen molar-refractivity contribution in [1.29, 1.82) is 0 Å². The minimum Gasteiger partial charge on any atom is -0.492 e. The first-order valence-electron chi connectivity index (χ1n) is 4.15. The predicted molar refractivity (Wildman–Crippen MR) is 46.2 cm³/mol. The van der Waals surface area contributed by atoms with Gasteiger partial charge < -0.3 is 10.1 Å². The van der Waals surface area contributed by atoms with Gasteiger partial charge in [-0.05, 0) is 6.92 Å². The van der Waals surface area contributed by atoms with Crippen LogP contribution in [0.4, 0.5) is 0 Å². The highest BCUT2D eigenvalue weighted by Crippen LogP contribution is 2.22. The Bertz CT molecular complexity index is 286. The van der Waals surface area contributed by atoms with Gasteiger partial charge in [0.15, 0.2) is 0 Å². The topological polar surface area (TPSA) is 34.1 Å². The van der Waals surface area contributed by atoms with E-state index >= 15 is 0 Å². The van der Waals surface area contributed by atoms with Crippen molar-refractivity contribution in [3.05, 3.63) is 23.5 Å². The van der Waals surface area contributed by atoms with Crippen LogP contribution in [0.5, 0.6) is 5.75 Å². The van der Waals surface area contributed by atoms with Gasteiger partial charge in [0.1, 0.15) is 12.4 Å². The second-order valence-corrected chi connectivity index (χ2v) is 2.97. The van der Waals surface area contributed by atoms with Gasteiger partial charge in [-0.15, -0.1) is 0 Å². The Morgan fingerprint density at radius 1 is 1.50 bits per heavy atom. The van der Waals surface area contributed by atoms with Crippen molar-refractivity contribution in [2.24, 2.45) is 0 Å². The number of nitrogens with one attached hydrogen (secondary N) is 1. The second-order valence-electron chi connectivity index (χ2n) is 2.97. The number of hydrogen-bond donors (Lipinski definition) is 1. The highest BCUT2D eigenvalue weighted by atomic mass is 16.5. The van der Waals surface area contributed by atoms with E-state index in [1.807, 2.05) is 19.3 Å². The number of aromatic nitrogens is 1. The van der Waals surface area contributed by atoms with Crippen molar-refractivity contribution in [2.45, 2.75) is 13.5 Å². The summed E-state index contributed by atoms with van der Waals surface area (Å²) in [6.45, 7) is 4.55. The molecule has 0 radical (unpaired) electrons. The van der Waals surface area contributed by atoms with E-state index in [4.69, 9.17) is 4.74 Å². The largest absolute Gasteiger partial charge is 0.492 e. The maximum atomic E-state index is 5.58. The fourth-order valence-electron chi connectivity index (χ4n) is 1.39. The lowest BCUT2D eigenvalue weighted by atomic mass is 10.2. The van der Waals surface area contributed by atoms with Gasteiger partial charge in [-0.3, -0.25) is 4.98 Å². The zero-order valence-corrected chi connectivity index (χ0v) is 7.13. The molecule has 0 saturated carbocycles. The van der Waals surface area contributed by atoms with Crippen molar-refractivity contribution in [3.63, 3.8) is 0 Å². The lowest BCUT2D eigenvalue weighted by Crippen LogP contribution is -2.16. The summed E-state index contributed by atoms with van der Waals surface area (Å²) in [4.78, 5) is 4.12. The molecule has 1 N–H and O–H groups in total. The van der Waals surface area contributed by atoms with Gasteiger partial charge >= 0.3 is 0 Å². The Labute approximate surface area is 71.8 Å². The maximum absolute atomic E-state index is 5.58. The van der Waals surface area contributed by atoms with Crippen LogP contribution in [0.3, 0.4) is 0 Å². The Morgan fingerprint density at radius 2 is 2.42 bits per heavy atom. The van der Waals surface area contributed by atoms with Gasteiger partial charge in [0, 0.05) is 36.6 Å². The number of fused-ring (bicyclic) bond motifs is 1. The quantitative estimate of drug-likeness (QED) is 0.618. The van der Waals surface area contributed by atoms with E-state index in [2.05, 4.69) is 10.3 Å². The number of hydrogen-bond acceptors (Lipinski definition) is 3. The normalized spacial score (nSPS) is 16.1. The molecule has 1 aliphatic rings. The van der Waals surface area contributed by atoms with Gasteiger partial charge in [0.2, 0.25) is 0 Å². The minimum atomic E-state index is 0.748. The average Bonchev–Trinajstić information content (AvgIpc) is 2.30. The molecule has 1 aromatic heterocycles. The predicted octanol–water partition coefficient (Wildman–Crippen LogP) is 0.872. The molecule has 12 heavy (non-hydrogen) atoms. The average molecular weight is 164 g/mol. The fraction of sp³-hybridized carbons (Fsp3) is 0.444. The molecular weight excluding hydrogens is 152 g/mol. The second kappa shape index (κ2) is 3.11. The molecule has 1 aromatic rings. The van der Waals surface area contributed by atoms with E-state index in [9.17, 15) is 0 Å². The summed E-state index contributed by atoms with van der Waals surface area (Å²) in [6, 6.07) is 0. The Hall–Kier alpha value is -1.09. The van der Waals surface area contributed by atoms with Crippen LogP contribution in [0.2, 0.25) is 0 Å². The molecular formula is C9H12N2O. The number of nitrogens with zero attached hydrogens (tertiary/aromatic N) is 1. The number of ether oxygens (including phenoxy) is 1. The lowest BCUT2D eigenvalue weighted by Gasteiger charge is -2.07. The highest BCUT2D eigenvalue weighted by molar-refractivity contribution is 5.38. The summed E-state index contributed by atoms with van der Waals surface area (Å²) in [5.41, 5.74) is 2.28. The molecule has 0 atom stereocenters. The summed E-state index contributed by atoms with van der Waals surface area (Å²) in [7, 11) is 0. The molecule has 1 aliphatic heterocycles. The van der Waals surface area contributed by atoms with Crippen LogP contribution >= 0.6 is 0 Å². The van der Waals surface area contributed by atoms with Crippen molar-refractivity contribution in [3.8, 4) is 5.75 Å². The van der Waals surface area contributed by atoms with Gasteiger partial charge in [0.05, 0.1) is 0 Å². The monoisotopic (exact) mass is 164 g/mol. The van der Waals surface area contributed by atoms with Gasteiger partial charge in [-0.1, -0.05) is 0 Å². The van der Waals surface area contributed by atoms with Crippen molar-refractivity contribution >= 4 is 0 Å². The van der Waals surface area contributed by atoms with Crippen molar-refractivity contribution in [2.75, 3.05) is 13.2 Å². The van der Waals surface area contributed by atoms with Gasteiger partial charge in [-0.25, -0.2) is 0 Å². The number of pyridine rings is 1. The Morgan fingerprint density at radius 3 is 3.33 bits per heavy atom. The lowest BCUT2D eigenvalue weighted by molar-refractivity contribution is 0.323. The molecule has 0 aromatic carbocycles. The standard InChI is InChI=1S/C9H12N2O/c1-7-4-11-6-8-5-10-2-3-12-9(7)8/h4,6,10H,2-3,5H2,1H3. The molecule has 0 unspecified atom stereocenters. The van der Waals surface area contributed by atoms with Gasteiger partial charge in [0.25, 0.3) is 0 Å². The smallest absolute Gasteiger partial charge is 0.129 e. The molecule has 0 amide bonds. The summed E-state index contributed by atoms with van der Waals surface area (Å²) >= 11 is 0. The molecule has 3 heteroatoms. The van der Waals surface area contributed by atoms with Crippen LogP contribution in [0.25, 0.3) is 0 Å². The summed E-state index contributed by atoms with van der Waals surface area (Å²) in [5, 5.41) is 3.27. The van der Waals surface area contributed by atoms with Crippen LogP contribution in [0.1, 0.15) is 11.1 Å². The zero-order valence-electron chi connectivity index (χ0n) is 7.13. The third-order valence-electron chi connectivity index (χ3n) is 1.99. The first-order valence-corrected chi connectivity index (χ1v) is 4.15. The van der Waals surface area contributed by atoms with Crippen LogP contribution in [-0.2, 0) is 6.54 Å². The van der Waals surface area contributed by atoms with E-state index in [0.29, 0.717) is 0 Å². The van der Waals surface area contributed by atoms with E-state index < -0.39 is 0 Å². The van der Waals surface area contributed by atoms with Crippen LogP contribution in [0.15, 0.2) is 12.4 Å². The third kappa shape index (κ3) is 1.28. The minimum absolute atomic E-state index is 0.748. The third-order valence-corrected chi connectivity index (χ3v) is 1.99. The summed E-state index contributed by atoms with van der Waals surface area (Å²) in [6.07, 6.45) is 3.70. The molecule has 0 saturated heterocycles. The first kappa shape index (κ1) is 7.55. The molecule has 0 fully saturated rings. The molecule has 2 rings (SSSR count). The van der Waals surface area contributed by atoms with Crippen molar-refractivity contribution in [1.82, 2.24) is 10.3 Å². The number of aryl methyl sites for hydroxylation is 1. The van der Waals surface area contributed by atoms with E-state index in [-0.39, 0.29) is 0 Å². The first-order chi connectivity index (χ1) is 5.88. The highest BCUT2D eigenvalue weighted by Gasteiger charge is 2.09. The maximum Gasteiger partial charge on any atom is 0.129 e. The summed E-state index contributed by atoms with van der Waals surface area (Å²) in [5.74, 6) is 1.01. The van der Waals surface area contributed by atoms with E-state index in [0.717, 1.165) is 36.6 Å². The van der Waals surface area contributed by atoms with Gasteiger partial charge in [-0.2, -0.15) is 0 Å². The van der Waals surface area contributed by atoms with Crippen LogP contribution in [-0.4, -0.2) is 18.1 Å².